The summed E-state index contributed by atoms with van der Waals surface area (Å²) >= 11 is 9.23. The molecule has 0 bridgehead atoms. The molecular formula is C15H11BrClFO2. The lowest BCUT2D eigenvalue weighted by Crippen LogP contribution is -2.19. The summed E-state index contributed by atoms with van der Waals surface area (Å²) in [6.45, 7) is 0. The van der Waals surface area contributed by atoms with Crippen molar-refractivity contribution in [3.05, 3.63) is 62.8 Å². The lowest BCUT2D eigenvalue weighted by atomic mass is 9.95. The van der Waals surface area contributed by atoms with E-state index < -0.39 is 18.0 Å². The summed E-state index contributed by atoms with van der Waals surface area (Å²) in [5, 5.41) is 10.5. The first-order valence-electron chi connectivity index (χ1n) is 6.13. The summed E-state index contributed by atoms with van der Waals surface area (Å²) in [5.74, 6) is 0.199. The Bertz CT molecular complexity index is 642. The number of aliphatic hydroxyl groups excluding tert-OH is 1. The van der Waals surface area contributed by atoms with Crippen LogP contribution in [-0.2, 0) is 0 Å². The van der Waals surface area contributed by atoms with Crippen LogP contribution in [0, 0.1) is 5.82 Å². The Hall–Kier alpha value is -1.10. The van der Waals surface area contributed by atoms with Gasteiger partial charge >= 0.3 is 0 Å². The molecule has 5 heteroatoms. The van der Waals surface area contributed by atoms with Gasteiger partial charge in [0.1, 0.15) is 17.7 Å². The molecule has 1 N–H and O–H groups in total. The summed E-state index contributed by atoms with van der Waals surface area (Å²) in [6.07, 6.45) is -0.696. The van der Waals surface area contributed by atoms with E-state index in [4.69, 9.17) is 16.3 Å². The standard InChI is InChI=1S/C15H11BrClFO2/c16-9-1-2-14-12(5-9)13(19)7-15(20-14)8-3-10(17)6-11(18)4-8/h1-6,13,15,19H,7H2/t13-,15?/m0/s1. The largest absolute Gasteiger partial charge is 0.485 e. The SMILES string of the molecule is O[C@H]1CC(c2cc(F)cc(Cl)c2)Oc2ccc(Br)cc21. The first-order chi connectivity index (χ1) is 9.52. The Morgan fingerprint density at radius 2 is 2.05 bits per heavy atom. The lowest BCUT2D eigenvalue weighted by Gasteiger charge is -2.30. The highest BCUT2D eigenvalue weighted by molar-refractivity contribution is 9.10. The predicted molar refractivity (Wildman–Crippen MR) is 78.5 cm³/mol. The van der Waals surface area contributed by atoms with Crippen molar-refractivity contribution in [2.24, 2.45) is 0 Å². The van der Waals surface area contributed by atoms with Gasteiger partial charge in [-0.05, 0) is 42.0 Å². The Morgan fingerprint density at radius 3 is 2.80 bits per heavy atom. The Kier molecular flexibility index (Phi) is 3.71. The van der Waals surface area contributed by atoms with E-state index in [0.29, 0.717) is 22.8 Å². The van der Waals surface area contributed by atoms with Crippen molar-refractivity contribution in [3.8, 4) is 5.75 Å². The first kappa shape index (κ1) is 13.9. The molecular weight excluding hydrogens is 347 g/mol. The number of aliphatic hydroxyl groups is 1. The van der Waals surface area contributed by atoms with Crippen LogP contribution in [0.2, 0.25) is 5.02 Å². The highest BCUT2D eigenvalue weighted by atomic mass is 79.9. The maximum Gasteiger partial charge on any atom is 0.127 e. The van der Waals surface area contributed by atoms with E-state index in [-0.39, 0.29) is 0 Å². The topological polar surface area (TPSA) is 29.5 Å². The van der Waals surface area contributed by atoms with Crippen LogP contribution in [-0.4, -0.2) is 5.11 Å². The van der Waals surface area contributed by atoms with Crippen LogP contribution >= 0.6 is 27.5 Å². The van der Waals surface area contributed by atoms with Crippen LogP contribution in [0.15, 0.2) is 40.9 Å². The molecule has 3 rings (SSSR count). The van der Waals surface area contributed by atoms with Crippen molar-refractivity contribution >= 4 is 27.5 Å². The van der Waals surface area contributed by atoms with E-state index in [1.165, 1.54) is 12.1 Å². The molecule has 20 heavy (non-hydrogen) atoms. The van der Waals surface area contributed by atoms with Gasteiger partial charge in [-0.15, -0.1) is 0 Å². The van der Waals surface area contributed by atoms with E-state index in [0.717, 1.165) is 10.0 Å². The monoisotopic (exact) mass is 356 g/mol. The minimum absolute atomic E-state index is 0.319. The van der Waals surface area contributed by atoms with Gasteiger partial charge in [0.15, 0.2) is 0 Å². The molecule has 1 heterocycles. The van der Waals surface area contributed by atoms with Crippen LogP contribution < -0.4 is 4.74 Å². The molecule has 0 saturated carbocycles. The van der Waals surface area contributed by atoms with E-state index in [1.54, 1.807) is 12.1 Å². The summed E-state index contributed by atoms with van der Waals surface area (Å²) in [7, 11) is 0. The number of halogens is 3. The van der Waals surface area contributed by atoms with Gasteiger partial charge in [0.2, 0.25) is 0 Å². The zero-order valence-electron chi connectivity index (χ0n) is 10.3. The number of rotatable bonds is 1. The Morgan fingerprint density at radius 1 is 1.25 bits per heavy atom. The van der Waals surface area contributed by atoms with Crippen molar-refractivity contribution in [3.63, 3.8) is 0 Å². The lowest BCUT2D eigenvalue weighted by molar-refractivity contribution is 0.0655. The maximum atomic E-state index is 13.4. The quantitative estimate of drug-likeness (QED) is 0.794. The third-order valence-electron chi connectivity index (χ3n) is 3.29. The molecule has 2 aromatic carbocycles. The third-order valence-corrected chi connectivity index (χ3v) is 4.01. The highest BCUT2D eigenvalue weighted by Gasteiger charge is 2.28. The highest BCUT2D eigenvalue weighted by Crippen LogP contribution is 2.42. The molecule has 2 nitrogen and oxygen atoms in total. The van der Waals surface area contributed by atoms with E-state index >= 15 is 0 Å². The summed E-state index contributed by atoms with van der Waals surface area (Å²) in [5.41, 5.74) is 1.36. The fourth-order valence-corrected chi connectivity index (χ4v) is 2.99. The fraction of sp³-hybridized carbons (Fsp3) is 0.200. The zero-order valence-corrected chi connectivity index (χ0v) is 12.7. The predicted octanol–water partition coefficient (Wildman–Crippen LogP) is 4.80. The van der Waals surface area contributed by atoms with E-state index in [1.807, 2.05) is 12.1 Å². The van der Waals surface area contributed by atoms with Crippen LogP contribution in [0.25, 0.3) is 0 Å². The van der Waals surface area contributed by atoms with Gasteiger partial charge < -0.3 is 9.84 Å². The number of fused-ring (bicyclic) bond motifs is 1. The fourth-order valence-electron chi connectivity index (χ4n) is 2.38. The maximum absolute atomic E-state index is 13.4. The van der Waals surface area contributed by atoms with Crippen molar-refractivity contribution in [2.75, 3.05) is 0 Å². The van der Waals surface area contributed by atoms with Crippen LogP contribution in [0.5, 0.6) is 5.75 Å². The molecule has 1 unspecified atom stereocenters. The number of ether oxygens (including phenoxy) is 1. The normalized spacial score (nSPS) is 21.2. The number of hydrogen-bond donors (Lipinski definition) is 1. The number of hydrogen-bond acceptors (Lipinski definition) is 2. The molecule has 0 aliphatic carbocycles. The van der Waals surface area contributed by atoms with Crippen molar-refractivity contribution < 1.29 is 14.2 Å². The molecule has 0 saturated heterocycles. The summed E-state index contributed by atoms with van der Waals surface area (Å²) in [4.78, 5) is 0. The first-order valence-corrected chi connectivity index (χ1v) is 7.30. The molecule has 0 spiro atoms. The zero-order chi connectivity index (χ0) is 14.3. The Labute approximate surface area is 129 Å². The Balaban J connectivity index is 1.96. The molecule has 104 valence electrons. The smallest absolute Gasteiger partial charge is 0.127 e. The minimum atomic E-state index is -0.650. The molecule has 1 aliphatic rings. The average Bonchev–Trinajstić information content (AvgIpc) is 2.38. The summed E-state index contributed by atoms with van der Waals surface area (Å²) < 4.78 is 20.1. The van der Waals surface area contributed by atoms with Crippen LogP contribution in [0.4, 0.5) is 4.39 Å². The van der Waals surface area contributed by atoms with Gasteiger partial charge in [-0.3, -0.25) is 0 Å². The molecule has 0 fully saturated rings. The van der Waals surface area contributed by atoms with Crippen LogP contribution in [0.1, 0.15) is 29.8 Å². The van der Waals surface area contributed by atoms with Crippen molar-refractivity contribution in [1.82, 2.24) is 0 Å². The number of benzene rings is 2. The van der Waals surface area contributed by atoms with E-state index in [9.17, 15) is 9.50 Å². The van der Waals surface area contributed by atoms with Crippen molar-refractivity contribution in [2.45, 2.75) is 18.6 Å². The molecule has 0 aromatic heterocycles. The van der Waals surface area contributed by atoms with Gasteiger partial charge in [0, 0.05) is 21.5 Å². The van der Waals surface area contributed by atoms with Gasteiger partial charge in [-0.1, -0.05) is 27.5 Å². The van der Waals surface area contributed by atoms with Gasteiger partial charge in [0.25, 0.3) is 0 Å². The molecule has 0 radical (unpaired) electrons. The summed E-state index contributed by atoms with van der Waals surface area (Å²) in [6, 6.07) is 9.74. The minimum Gasteiger partial charge on any atom is -0.485 e. The molecule has 2 aromatic rings. The van der Waals surface area contributed by atoms with Gasteiger partial charge in [0.05, 0.1) is 6.10 Å². The second kappa shape index (κ2) is 5.35. The average molecular weight is 358 g/mol. The van der Waals surface area contributed by atoms with Crippen molar-refractivity contribution in [1.29, 1.82) is 0 Å². The van der Waals surface area contributed by atoms with Gasteiger partial charge in [-0.2, -0.15) is 0 Å². The third kappa shape index (κ3) is 2.68. The molecule has 2 atom stereocenters. The van der Waals surface area contributed by atoms with Crippen LogP contribution in [0.3, 0.4) is 0 Å². The molecule has 1 aliphatic heterocycles. The molecule has 0 amide bonds. The second-order valence-corrected chi connectivity index (χ2v) is 6.10. The van der Waals surface area contributed by atoms with E-state index in [2.05, 4.69) is 15.9 Å². The second-order valence-electron chi connectivity index (χ2n) is 4.74. The van der Waals surface area contributed by atoms with Gasteiger partial charge in [-0.25, -0.2) is 4.39 Å².